The molecule has 5 heteroatoms. The van der Waals surface area contributed by atoms with Crippen LogP contribution in [0.2, 0.25) is 0 Å². The number of hydrogen-bond donors (Lipinski definition) is 1. The fourth-order valence-electron chi connectivity index (χ4n) is 2.53. The molecule has 2 aromatic carbocycles. The Morgan fingerprint density at radius 3 is 2.12 bits per heavy atom. The van der Waals surface area contributed by atoms with Crippen LogP contribution in [-0.4, -0.2) is 15.5 Å². The minimum atomic E-state index is -0.515. The average molecular weight is 339 g/mol. The van der Waals surface area contributed by atoms with E-state index < -0.39 is 11.6 Å². The van der Waals surface area contributed by atoms with Crippen molar-refractivity contribution in [1.82, 2.24) is 9.97 Å². The molecule has 3 nitrogen and oxygen atoms in total. The normalized spacial score (nSPS) is 11.4. The van der Waals surface area contributed by atoms with E-state index in [9.17, 15) is 8.78 Å². The van der Waals surface area contributed by atoms with Crippen LogP contribution in [0.4, 0.5) is 14.6 Å². The Morgan fingerprint density at radius 1 is 0.800 bits per heavy atom. The maximum Gasteiger partial charge on any atom is 0.144 e. The van der Waals surface area contributed by atoms with Gasteiger partial charge in [0.2, 0.25) is 0 Å². The third kappa shape index (κ3) is 3.82. The summed E-state index contributed by atoms with van der Waals surface area (Å²) in [5.74, 6) is -0.366. The Bertz CT molecular complexity index is 884. The van der Waals surface area contributed by atoms with Crippen LogP contribution in [0.15, 0.2) is 54.9 Å². The standard InChI is InChI=1S/C20H19F2N3/c1-20(2,3)25-18-12-23-17(11-24-18)15-9-6-8-14(19(15)22)13-7-4-5-10-16(13)21/h4-12H,1-3H3,(H,24,25). The predicted octanol–water partition coefficient (Wildman–Crippen LogP) is 5.30. The molecule has 128 valence electrons. The number of benzene rings is 2. The fourth-order valence-corrected chi connectivity index (χ4v) is 2.53. The quantitative estimate of drug-likeness (QED) is 0.704. The van der Waals surface area contributed by atoms with Crippen molar-refractivity contribution in [2.24, 2.45) is 0 Å². The molecule has 0 saturated carbocycles. The number of aromatic nitrogens is 2. The van der Waals surface area contributed by atoms with Crippen molar-refractivity contribution >= 4 is 5.82 Å². The molecular weight excluding hydrogens is 320 g/mol. The molecular formula is C20H19F2N3. The van der Waals surface area contributed by atoms with Crippen LogP contribution in [0.5, 0.6) is 0 Å². The summed E-state index contributed by atoms with van der Waals surface area (Å²) >= 11 is 0. The molecule has 0 aliphatic carbocycles. The van der Waals surface area contributed by atoms with E-state index >= 15 is 0 Å². The van der Waals surface area contributed by atoms with Gasteiger partial charge in [-0.3, -0.25) is 4.98 Å². The van der Waals surface area contributed by atoms with E-state index in [0.29, 0.717) is 11.5 Å². The van der Waals surface area contributed by atoms with Gasteiger partial charge < -0.3 is 5.32 Å². The summed E-state index contributed by atoms with van der Waals surface area (Å²) in [5.41, 5.74) is 0.965. The van der Waals surface area contributed by atoms with Gasteiger partial charge in [0.25, 0.3) is 0 Å². The monoisotopic (exact) mass is 339 g/mol. The molecule has 25 heavy (non-hydrogen) atoms. The third-order valence-electron chi connectivity index (χ3n) is 3.59. The number of rotatable bonds is 3. The molecule has 1 heterocycles. The molecule has 0 aliphatic heterocycles. The van der Waals surface area contributed by atoms with Gasteiger partial charge in [-0.2, -0.15) is 0 Å². The predicted molar refractivity (Wildman–Crippen MR) is 96.2 cm³/mol. The highest BCUT2D eigenvalue weighted by Crippen LogP contribution is 2.31. The van der Waals surface area contributed by atoms with Crippen molar-refractivity contribution < 1.29 is 8.78 Å². The fraction of sp³-hybridized carbons (Fsp3) is 0.200. The molecule has 3 rings (SSSR count). The summed E-state index contributed by atoms with van der Waals surface area (Å²) in [6, 6.07) is 11.0. The highest BCUT2D eigenvalue weighted by molar-refractivity contribution is 5.72. The van der Waals surface area contributed by atoms with Gasteiger partial charge >= 0.3 is 0 Å². The number of hydrogen-bond acceptors (Lipinski definition) is 3. The van der Waals surface area contributed by atoms with Gasteiger partial charge in [0.05, 0.1) is 18.1 Å². The minimum Gasteiger partial charge on any atom is -0.364 e. The number of halogens is 2. The van der Waals surface area contributed by atoms with E-state index in [2.05, 4.69) is 15.3 Å². The van der Waals surface area contributed by atoms with Crippen molar-refractivity contribution in [1.29, 1.82) is 0 Å². The first-order valence-electron chi connectivity index (χ1n) is 7.99. The molecule has 0 atom stereocenters. The van der Waals surface area contributed by atoms with Crippen molar-refractivity contribution in [3.05, 3.63) is 66.5 Å². The van der Waals surface area contributed by atoms with Crippen LogP contribution in [0.25, 0.3) is 22.4 Å². The van der Waals surface area contributed by atoms with E-state index in [0.717, 1.165) is 0 Å². The Labute approximate surface area is 145 Å². The van der Waals surface area contributed by atoms with Crippen LogP contribution in [-0.2, 0) is 0 Å². The second-order valence-electron chi connectivity index (χ2n) is 6.81. The van der Waals surface area contributed by atoms with Crippen LogP contribution in [0.3, 0.4) is 0 Å². The maximum absolute atomic E-state index is 14.9. The summed E-state index contributed by atoms with van der Waals surface area (Å²) in [6.07, 6.45) is 3.08. The lowest BCUT2D eigenvalue weighted by Crippen LogP contribution is -2.26. The van der Waals surface area contributed by atoms with E-state index in [1.807, 2.05) is 20.8 Å². The van der Waals surface area contributed by atoms with E-state index in [1.165, 1.54) is 12.3 Å². The van der Waals surface area contributed by atoms with Gasteiger partial charge in [0.15, 0.2) is 0 Å². The first kappa shape index (κ1) is 17.0. The minimum absolute atomic E-state index is 0.147. The summed E-state index contributed by atoms with van der Waals surface area (Å²) < 4.78 is 28.9. The molecule has 0 fully saturated rings. The first-order valence-corrected chi connectivity index (χ1v) is 7.99. The highest BCUT2D eigenvalue weighted by Gasteiger charge is 2.16. The molecule has 0 unspecified atom stereocenters. The number of anilines is 1. The van der Waals surface area contributed by atoms with E-state index in [-0.39, 0.29) is 22.2 Å². The zero-order valence-electron chi connectivity index (χ0n) is 14.3. The SMILES string of the molecule is CC(C)(C)Nc1cnc(-c2cccc(-c3ccccc3F)c2F)cn1. The second kappa shape index (κ2) is 6.59. The summed E-state index contributed by atoms with van der Waals surface area (Å²) in [6.45, 7) is 6.04. The largest absolute Gasteiger partial charge is 0.364 e. The third-order valence-corrected chi connectivity index (χ3v) is 3.59. The molecule has 0 saturated heterocycles. The molecule has 0 aliphatic rings. The topological polar surface area (TPSA) is 37.8 Å². The lowest BCUT2D eigenvalue weighted by molar-refractivity contribution is 0.617. The van der Waals surface area contributed by atoms with Gasteiger partial charge in [-0.25, -0.2) is 13.8 Å². The van der Waals surface area contributed by atoms with Crippen molar-refractivity contribution in [3.63, 3.8) is 0 Å². The van der Waals surface area contributed by atoms with E-state index in [1.54, 1.807) is 42.6 Å². The Hall–Kier alpha value is -2.82. The van der Waals surface area contributed by atoms with Crippen LogP contribution < -0.4 is 5.32 Å². The lowest BCUT2D eigenvalue weighted by atomic mass is 10.0. The van der Waals surface area contributed by atoms with Gasteiger partial charge in [0.1, 0.15) is 17.5 Å². The van der Waals surface area contributed by atoms with Crippen LogP contribution >= 0.6 is 0 Å². The van der Waals surface area contributed by atoms with Gasteiger partial charge in [-0.15, -0.1) is 0 Å². The smallest absolute Gasteiger partial charge is 0.144 e. The molecule has 1 N–H and O–H groups in total. The van der Waals surface area contributed by atoms with Crippen molar-refractivity contribution in [2.75, 3.05) is 5.32 Å². The van der Waals surface area contributed by atoms with Gasteiger partial charge in [-0.05, 0) is 32.9 Å². The van der Waals surface area contributed by atoms with Crippen LogP contribution in [0, 0.1) is 11.6 Å². The van der Waals surface area contributed by atoms with E-state index in [4.69, 9.17) is 0 Å². The van der Waals surface area contributed by atoms with Crippen LogP contribution in [0.1, 0.15) is 20.8 Å². The van der Waals surface area contributed by atoms with Crippen molar-refractivity contribution in [3.8, 4) is 22.4 Å². The van der Waals surface area contributed by atoms with Gasteiger partial charge in [0, 0.05) is 22.2 Å². The first-order chi connectivity index (χ1) is 11.8. The highest BCUT2D eigenvalue weighted by atomic mass is 19.1. The zero-order chi connectivity index (χ0) is 18.0. The Morgan fingerprint density at radius 2 is 1.48 bits per heavy atom. The lowest BCUT2D eigenvalue weighted by Gasteiger charge is -2.20. The van der Waals surface area contributed by atoms with Crippen molar-refractivity contribution in [2.45, 2.75) is 26.3 Å². The Balaban J connectivity index is 1.99. The summed E-state index contributed by atoms with van der Waals surface area (Å²) in [7, 11) is 0. The maximum atomic E-state index is 14.9. The molecule has 0 amide bonds. The zero-order valence-corrected chi connectivity index (χ0v) is 14.3. The number of nitrogens with one attached hydrogen (secondary N) is 1. The molecule has 1 aromatic heterocycles. The second-order valence-corrected chi connectivity index (χ2v) is 6.81. The molecule has 0 spiro atoms. The average Bonchev–Trinajstić information content (AvgIpc) is 2.55. The summed E-state index contributed by atoms with van der Waals surface area (Å²) in [4.78, 5) is 8.58. The molecule has 0 radical (unpaired) electrons. The molecule has 3 aromatic rings. The Kier molecular flexibility index (Phi) is 4.49. The summed E-state index contributed by atoms with van der Waals surface area (Å²) in [5, 5.41) is 3.20. The van der Waals surface area contributed by atoms with Gasteiger partial charge in [-0.1, -0.05) is 30.3 Å². The number of nitrogens with zero attached hydrogens (tertiary/aromatic N) is 2. The molecule has 0 bridgehead atoms.